The van der Waals surface area contributed by atoms with Crippen molar-refractivity contribution in [3.8, 4) is 11.4 Å². The first kappa shape index (κ1) is 26.3. The maximum atomic E-state index is 14.5. The minimum atomic E-state index is -0.979. The number of imidazole rings is 1. The van der Waals surface area contributed by atoms with Crippen molar-refractivity contribution in [1.82, 2.24) is 9.55 Å². The van der Waals surface area contributed by atoms with Crippen LogP contribution in [0.4, 0.5) is 8.78 Å². The maximum Gasteiger partial charge on any atom is 0.335 e. The Kier molecular flexibility index (Phi) is 7.77. The molecular formula is C30H29ClF2N2O3. The van der Waals surface area contributed by atoms with Gasteiger partial charge in [-0.2, -0.15) is 0 Å². The minimum Gasteiger partial charge on any atom is -0.478 e. The molecule has 0 bridgehead atoms. The first-order chi connectivity index (χ1) is 18.3. The Morgan fingerprint density at radius 3 is 2.37 bits per heavy atom. The van der Waals surface area contributed by atoms with Crippen molar-refractivity contribution >= 4 is 28.6 Å². The van der Waals surface area contributed by atoms with Crippen LogP contribution in [0.25, 0.3) is 22.4 Å². The first-order valence-electron chi connectivity index (χ1n) is 12.9. The third-order valence-corrected chi connectivity index (χ3v) is 7.76. The summed E-state index contributed by atoms with van der Waals surface area (Å²) in [5, 5.41) is 9.79. The number of carbonyl (C=O) groups is 1. The van der Waals surface area contributed by atoms with E-state index in [9.17, 15) is 18.7 Å². The molecule has 0 spiro atoms. The number of ether oxygens (including phenoxy) is 1. The van der Waals surface area contributed by atoms with Gasteiger partial charge in [0.2, 0.25) is 0 Å². The van der Waals surface area contributed by atoms with Crippen LogP contribution in [0.1, 0.15) is 67.1 Å². The van der Waals surface area contributed by atoms with Gasteiger partial charge in [0, 0.05) is 22.7 Å². The number of hydrogen-bond acceptors (Lipinski definition) is 3. The third-order valence-electron chi connectivity index (χ3n) is 7.50. The Bertz CT molecular complexity index is 1430. The van der Waals surface area contributed by atoms with Crippen LogP contribution in [-0.4, -0.2) is 27.2 Å². The van der Waals surface area contributed by atoms with Gasteiger partial charge in [-0.05, 0) is 67.6 Å². The fourth-order valence-corrected chi connectivity index (χ4v) is 5.53. The lowest BCUT2D eigenvalue weighted by Gasteiger charge is -2.33. The molecule has 1 N–H and O–H groups in total. The Balaban J connectivity index is 1.55. The summed E-state index contributed by atoms with van der Waals surface area (Å²) in [6.07, 6.45) is 5.06. The predicted molar refractivity (Wildman–Crippen MR) is 143 cm³/mol. The molecule has 2 atom stereocenters. The van der Waals surface area contributed by atoms with Gasteiger partial charge in [-0.15, -0.1) is 0 Å². The van der Waals surface area contributed by atoms with Crippen molar-refractivity contribution in [1.29, 1.82) is 0 Å². The van der Waals surface area contributed by atoms with E-state index in [-0.39, 0.29) is 23.6 Å². The second kappa shape index (κ2) is 11.2. The van der Waals surface area contributed by atoms with E-state index in [1.807, 2.05) is 23.6 Å². The highest BCUT2D eigenvalue weighted by molar-refractivity contribution is 6.30. The highest BCUT2D eigenvalue weighted by Crippen LogP contribution is 2.39. The zero-order valence-electron chi connectivity index (χ0n) is 21.0. The third kappa shape index (κ3) is 5.45. The number of halogens is 3. The topological polar surface area (TPSA) is 64.4 Å². The molecule has 0 aliphatic heterocycles. The zero-order chi connectivity index (χ0) is 26.8. The van der Waals surface area contributed by atoms with Gasteiger partial charge in [0.15, 0.2) is 11.6 Å². The van der Waals surface area contributed by atoms with Crippen LogP contribution >= 0.6 is 11.6 Å². The molecule has 1 fully saturated rings. The largest absolute Gasteiger partial charge is 0.478 e. The lowest BCUT2D eigenvalue weighted by atomic mass is 9.83. The average molecular weight is 539 g/mol. The molecule has 3 aromatic carbocycles. The van der Waals surface area contributed by atoms with Gasteiger partial charge in [0.1, 0.15) is 5.82 Å². The number of benzene rings is 3. The van der Waals surface area contributed by atoms with Crippen molar-refractivity contribution in [3.05, 3.63) is 88.4 Å². The molecule has 5 nitrogen and oxygen atoms in total. The van der Waals surface area contributed by atoms with Crippen molar-refractivity contribution in [2.24, 2.45) is 5.92 Å². The van der Waals surface area contributed by atoms with Gasteiger partial charge >= 0.3 is 5.97 Å². The van der Waals surface area contributed by atoms with Gasteiger partial charge in [-0.3, -0.25) is 0 Å². The molecule has 0 saturated heterocycles. The first-order valence-corrected chi connectivity index (χ1v) is 13.3. The van der Waals surface area contributed by atoms with E-state index >= 15 is 0 Å². The number of aromatic nitrogens is 2. The summed E-state index contributed by atoms with van der Waals surface area (Å²) < 4.78 is 37.1. The van der Waals surface area contributed by atoms with Crippen LogP contribution in [-0.2, 0) is 4.74 Å². The number of fused-ring (bicyclic) bond motifs is 1. The van der Waals surface area contributed by atoms with Crippen molar-refractivity contribution in [2.75, 3.05) is 6.61 Å². The predicted octanol–water partition coefficient (Wildman–Crippen LogP) is 8.23. The monoisotopic (exact) mass is 538 g/mol. The lowest BCUT2D eigenvalue weighted by Crippen LogP contribution is -2.27. The molecule has 1 aliphatic carbocycles. The second-order valence-corrected chi connectivity index (χ2v) is 10.4. The molecule has 1 aromatic heterocycles. The summed E-state index contributed by atoms with van der Waals surface area (Å²) in [5.41, 5.74) is 2.77. The Morgan fingerprint density at radius 1 is 1.05 bits per heavy atom. The van der Waals surface area contributed by atoms with Crippen molar-refractivity contribution < 1.29 is 23.4 Å². The Labute approximate surface area is 225 Å². The Hall–Kier alpha value is -3.29. The van der Waals surface area contributed by atoms with Crippen LogP contribution in [0.15, 0.2) is 60.7 Å². The summed E-state index contributed by atoms with van der Waals surface area (Å²) in [6.45, 7) is 2.26. The molecule has 1 aliphatic rings. The van der Waals surface area contributed by atoms with Crippen molar-refractivity contribution in [3.63, 3.8) is 0 Å². The van der Waals surface area contributed by atoms with Gasteiger partial charge in [-0.25, -0.2) is 18.6 Å². The van der Waals surface area contributed by atoms with Crippen LogP contribution < -0.4 is 0 Å². The molecule has 198 valence electrons. The van der Waals surface area contributed by atoms with Gasteiger partial charge in [0.25, 0.3) is 0 Å². The van der Waals surface area contributed by atoms with Crippen LogP contribution in [0.5, 0.6) is 0 Å². The molecule has 0 radical (unpaired) electrons. The highest BCUT2D eigenvalue weighted by atomic mass is 35.5. The molecule has 4 aromatic rings. The van der Waals surface area contributed by atoms with E-state index in [2.05, 4.69) is 0 Å². The molecule has 1 heterocycles. The number of hydrogen-bond donors (Lipinski definition) is 1. The van der Waals surface area contributed by atoms with Crippen LogP contribution in [0.2, 0.25) is 5.02 Å². The number of rotatable bonds is 8. The van der Waals surface area contributed by atoms with Gasteiger partial charge < -0.3 is 14.4 Å². The highest BCUT2D eigenvalue weighted by Gasteiger charge is 2.30. The van der Waals surface area contributed by atoms with Crippen molar-refractivity contribution in [2.45, 2.75) is 51.2 Å². The molecule has 2 unspecified atom stereocenters. The lowest BCUT2D eigenvalue weighted by molar-refractivity contribution is 0.0237. The van der Waals surface area contributed by atoms with E-state index in [4.69, 9.17) is 21.3 Å². The fraction of sp³-hybridized carbons (Fsp3) is 0.333. The van der Waals surface area contributed by atoms with Gasteiger partial charge in [0.05, 0.1) is 35.3 Å². The molecule has 1 saturated carbocycles. The van der Waals surface area contributed by atoms with Crippen LogP contribution in [0.3, 0.4) is 0 Å². The fourth-order valence-electron chi connectivity index (χ4n) is 5.40. The molecule has 8 heteroatoms. The maximum absolute atomic E-state index is 14.5. The summed E-state index contributed by atoms with van der Waals surface area (Å²) in [6, 6.07) is 16.1. The van der Waals surface area contributed by atoms with E-state index in [0.717, 1.165) is 42.9 Å². The number of carboxylic acids is 1. The number of carboxylic acid groups (broad SMARTS) is 1. The van der Waals surface area contributed by atoms with E-state index < -0.39 is 17.6 Å². The SMILES string of the molecule is CC(OCC(C1CCCCC1)n1c(-c2ccc(Cl)cc2)nc2cc(F)c(F)cc21)c1ccc(C(=O)O)cc1. The average Bonchev–Trinajstić information content (AvgIpc) is 3.27. The Morgan fingerprint density at radius 2 is 1.71 bits per heavy atom. The summed E-state index contributed by atoms with van der Waals surface area (Å²) in [7, 11) is 0. The van der Waals surface area contributed by atoms with E-state index in [1.54, 1.807) is 36.4 Å². The summed E-state index contributed by atoms with van der Waals surface area (Å²) in [4.78, 5) is 16.0. The molecule has 5 rings (SSSR count). The zero-order valence-corrected chi connectivity index (χ0v) is 21.8. The quantitative estimate of drug-likeness (QED) is 0.245. The number of aromatic carboxylic acids is 1. The summed E-state index contributed by atoms with van der Waals surface area (Å²) >= 11 is 6.13. The summed E-state index contributed by atoms with van der Waals surface area (Å²) in [5.74, 6) is -1.96. The standard InChI is InChI=1S/C30H29ClF2N2O3/c1-18(19-7-9-22(10-8-19)30(36)37)38-17-28(20-5-3-2-4-6-20)35-27-16-25(33)24(32)15-26(27)34-29(35)21-11-13-23(31)14-12-21/h7-16,18,20,28H,2-6,17H2,1H3,(H,36,37). The smallest absolute Gasteiger partial charge is 0.335 e. The second-order valence-electron chi connectivity index (χ2n) is 9.94. The molecule has 38 heavy (non-hydrogen) atoms. The molecular weight excluding hydrogens is 510 g/mol. The van der Waals surface area contributed by atoms with Crippen LogP contribution in [0, 0.1) is 17.6 Å². The number of nitrogens with zero attached hydrogens (tertiary/aromatic N) is 2. The minimum absolute atomic E-state index is 0.170. The molecule has 0 amide bonds. The normalized spacial score (nSPS) is 16.0. The van der Waals surface area contributed by atoms with E-state index in [1.165, 1.54) is 12.5 Å². The van der Waals surface area contributed by atoms with E-state index in [0.29, 0.717) is 28.5 Å². The van der Waals surface area contributed by atoms with Gasteiger partial charge in [-0.1, -0.05) is 43.0 Å².